The Labute approximate surface area is 93.2 Å². The van der Waals surface area contributed by atoms with Gasteiger partial charge in [0, 0.05) is 6.04 Å². The molecule has 1 rings (SSSR count). The first-order valence-corrected chi connectivity index (χ1v) is 5.54. The van der Waals surface area contributed by atoms with Crippen LogP contribution in [0.3, 0.4) is 0 Å². The van der Waals surface area contributed by atoms with Gasteiger partial charge < -0.3 is 5.32 Å². The van der Waals surface area contributed by atoms with E-state index in [0.717, 1.165) is 12.8 Å². The summed E-state index contributed by atoms with van der Waals surface area (Å²) in [5.74, 6) is 0. The third-order valence-corrected chi connectivity index (χ3v) is 2.82. The van der Waals surface area contributed by atoms with Gasteiger partial charge in [-0.2, -0.15) is 0 Å². The van der Waals surface area contributed by atoms with Gasteiger partial charge in [-0.25, -0.2) is 0 Å². The molecule has 1 atom stereocenters. The molecule has 1 aromatic carbocycles. The third-order valence-electron chi connectivity index (χ3n) is 2.82. The van der Waals surface area contributed by atoms with Crippen molar-refractivity contribution in [1.82, 2.24) is 5.32 Å². The van der Waals surface area contributed by atoms with E-state index >= 15 is 0 Å². The molecule has 1 heteroatoms. The molecule has 0 aromatic heterocycles. The number of rotatable bonds is 5. The van der Waals surface area contributed by atoms with E-state index in [9.17, 15) is 0 Å². The van der Waals surface area contributed by atoms with Gasteiger partial charge in [0.25, 0.3) is 0 Å². The summed E-state index contributed by atoms with van der Waals surface area (Å²) >= 11 is 0. The predicted octanol–water partition coefficient (Wildman–Crippen LogP) is 3.53. The van der Waals surface area contributed by atoms with Crippen molar-refractivity contribution < 1.29 is 0 Å². The molecule has 0 aliphatic heterocycles. The van der Waals surface area contributed by atoms with Crippen molar-refractivity contribution >= 4 is 0 Å². The molecular weight excluding hydrogens is 182 g/mol. The van der Waals surface area contributed by atoms with E-state index in [1.807, 2.05) is 13.1 Å². The lowest BCUT2D eigenvalue weighted by atomic mass is 9.96. The molecule has 1 aromatic rings. The van der Waals surface area contributed by atoms with Crippen LogP contribution < -0.4 is 5.32 Å². The lowest BCUT2D eigenvalue weighted by Crippen LogP contribution is -2.17. The number of aryl methyl sites for hydroxylation is 2. The molecule has 0 heterocycles. The molecule has 0 fully saturated rings. The maximum Gasteiger partial charge on any atom is 0.0323 e. The molecule has 0 aliphatic carbocycles. The fourth-order valence-corrected chi connectivity index (χ4v) is 1.88. The lowest BCUT2D eigenvalue weighted by Gasteiger charge is -2.18. The summed E-state index contributed by atoms with van der Waals surface area (Å²) in [6, 6.07) is 7.09. The Bertz CT molecular complexity index is 328. The molecule has 0 spiro atoms. The second-order valence-electron chi connectivity index (χ2n) is 4.07. The SMILES string of the molecule is C=CCCC(NC)c1cc(C)ccc1C. The number of hydrogen-bond acceptors (Lipinski definition) is 1. The molecule has 0 bridgehead atoms. The topological polar surface area (TPSA) is 12.0 Å². The van der Waals surface area contributed by atoms with Gasteiger partial charge in [0.15, 0.2) is 0 Å². The van der Waals surface area contributed by atoms with E-state index in [4.69, 9.17) is 0 Å². The van der Waals surface area contributed by atoms with Gasteiger partial charge in [-0.3, -0.25) is 0 Å². The Morgan fingerprint density at radius 1 is 1.40 bits per heavy atom. The van der Waals surface area contributed by atoms with Crippen LogP contribution in [0, 0.1) is 13.8 Å². The van der Waals surface area contributed by atoms with E-state index in [2.05, 4.69) is 43.9 Å². The maximum absolute atomic E-state index is 3.77. The van der Waals surface area contributed by atoms with Crippen LogP contribution in [-0.4, -0.2) is 7.05 Å². The maximum atomic E-state index is 3.77. The normalized spacial score (nSPS) is 12.5. The largest absolute Gasteiger partial charge is 0.313 e. The molecule has 0 saturated heterocycles. The summed E-state index contributed by atoms with van der Waals surface area (Å²) in [7, 11) is 2.02. The van der Waals surface area contributed by atoms with E-state index in [1.54, 1.807) is 0 Å². The quantitative estimate of drug-likeness (QED) is 0.722. The number of nitrogens with one attached hydrogen (secondary N) is 1. The van der Waals surface area contributed by atoms with Crippen LogP contribution in [0.15, 0.2) is 30.9 Å². The molecule has 0 amide bonds. The van der Waals surface area contributed by atoms with Crippen LogP contribution in [0.4, 0.5) is 0 Å². The molecule has 82 valence electrons. The zero-order valence-electron chi connectivity index (χ0n) is 10.0. The van der Waals surface area contributed by atoms with Crippen molar-refractivity contribution in [2.75, 3.05) is 7.05 Å². The number of benzene rings is 1. The van der Waals surface area contributed by atoms with E-state index in [1.165, 1.54) is 16.7 Å². The molecule has 1 N–H and O–H groups in total. The van der Waals surface area contributed by atoms with Gasteiger partial charge in [0.05, 0.1) is 0 Å². The fourth-order valence-electron chi connectivity index (χ4n) is 1.88. The number of allylic oxidation sites excluding steroid dienone is 1. The van der Waals surface area contributed by atoms with Crippen molar-refractivity contribution in [1.29, 1.82) is 0 Å². The van der Waals surface area contributed by atoms with Crippen LogP contribution in [0.5, 0.6) is 0 Å². The zero-order chi connectivity index (χ0) is 11.3. The highest BCUT2D eigenvalue weighted by Gasteiger charge is 2.10. The minimum atomic E-state index is 0.447. The molecule has 0 saturated carbocycles. The predicted molar refractivity (Wildman–Crippen MR) is 67.1 cm³/mol. The summed E-state index contributed by atoms with van der Waals surface area (Å²) in [6.07, 6.45) is 4.15. The first-order valence-electron chi connectivity index (χ1n) is 5.54. The molecule has 15 heavy (non-hydrogen) atoms. The fraction of sp³-hybridized carbons (Fsp3) is 0.429. The molecule has 0 radical (unpaired) electrons. The van der Waals surface area contributed by atoms with E-state index in [-0.39, 0.29) is 0 Å². The van der Waals surface area contributed by atoms with Crippen molar-refractivity contribution in [3.63, 3.8) is 0 Å². The Balaban J connectivity index is 2.89. The monoisotopic (exact) mass is 203 g/mol. The van der Waals surface area contributed by atoms with Crippen molar-refractivity contribution in [2.24, 2.45) is 0 Å². The smallest absolute Gasteiger partial charge is 0.0323 e. The summed E-state index contributed by atoms with van der Waals surface area (Å²) in [5, 5.41) is 3.37. The number of hydrogen-bond donors (Lipinski definition) is 1. The second kappa shape index (κ2) is 5.72. The summed E-state index contributed by atoms with van der Waals surface area (Å²) < 4.78 is 0. The van der Waals surface area contributed by atoms with Crippen molar-refractivity contribution in [3.05, 3.63) is 47.5 Å². The Morgan fingerprint density at radius 3 is 2.73 bits per heavy atom. The lowest BCUT2D eigenvalue weighted by molar-refractivity contribution is 0.552. The van der Waals surface area contributed by atoms with Crippen molar-refractivity contribution in [3.8, 4) is 0 Å². The van der Waals surface area contributed by atoms with E-state index < -0.39 is 0 Å². The zero-order valence-corrected chi connectivity index (χ0v) is 10.0. The average molecular weight is 203 g/mol. The van der Waals surface area contributed by atoms with Gasteiger partial charge >= 0.3 is 0 Å². The van der Waals surface area contributed by atoms with Crippen LogP contribution >= 0.6 is 0 Å². The van der Waals surface area contributed by atoms with Crippen molar-refractivity contribution in [2.45, 2.75) is 32.7 Å². The Morgan fingerprint density at radius 2 is 2.13 bits per heavy atom. The van der Waals surface area contributed by atoms with Crippen LogP contribution in [0.25, 0.3) is 0 Å². The highest BCUT2D eigenvalue weighted by Crippen LogP contribution is 2.22. The Hall–Kier alpha value is -1.08. The highest BCUT2D eigenvalue weighted by molar-refractivity contribution is 5.33. The first-order chi connectivity index (χ1) is 7.19. The molecular formula is C14H21N. The van der Waals surface area contributed by atoms with Gasteiger partial charge in [-0.15, -0.1) is 6.58 Å². The van der Waals surface area contributed by atoms with Gasteiger partial charge in [-0.05, 0) is 44.9 Å². The minimum Gasteiger partial charge on any atom is -0.313 e. The van der Waals surface area contributed by atoms with Gasteiger partial charge in [0.1, 0.15) is 0 Å². The van der Waals surface area contributed by atoms with Crippen LogP contribution in [0.1, 0.15) is 35.6 Å². The minimum absolute atomic E-state index is 0.447. The highest BCUT2D eigenvalue weighted by atomic mass is 14.9. The Kier molecular flexibility index (Phi) is 4.57. The standard InChI is InChI=1S/C14H21N/c1-5-6-7-14(15-4)13-10-11(2)8-9-12(13)3/h5,8-10,14-15H,1,6-7H2,2-4H3. The van der Waals surface area contributed by atoms with Crippen LogP contribution in [-0.2, 0) is 0 Å². The van der Waals surface area contributed by atoms with Crippen LogP contribution in [0.2, 0.25) is 0 Å². The first kappa shape index (κ1) is 12.0. The van der Waals surface area contributed by atoms with Gasteiger partial charge in [0.2, 0.25) is 0 Å². The molecule has 1 nitrogen and oxygen atoms in total. The molecule has 0 aliphatic rings. The van der Waals surface area contributed by atoms with E-state index in [0.29, 0.717) is 6.04 Å². The summed E-state index contributed by atoms with van der Waals surface area (Å²) in [5.41, 5.74) is 4.11. The van der Waals surface area contributed by atoms with Gasteiger partial charge in [-0.1, -0.05) is 29.8 Å². The summed E-state index contributed by atoms with van der Waals surface area (Å²) in [6.45, 7) is 8.09. The average Bonchev–Trinajstić information content (AvgIpc) is 2.24. The summed E-state index contributed by atoms with van der Waals surface area (Å²) in [4.78, 5) is 0. The molecule has 1 unspecified atom stereocenters. The second-order valence-corrected chi connectivity index (χ2v) is 4.07. The third kappa shape index (κ3) is 3.21.